The third kappa shape index (κ3) is 1.47. The highest BCUT2D eigenvalue weighted by Crippen LogP contribution is 2.31. The maximum atomic E-state index is 11.6. The highest BCUT2D eigenvalue weighted by Gasteiger charge is 2.40. The minimum absolute atomic E-state index is 0.0398. The van der Waals surface area contributed by atoms with Crippen molar-refractivity contribution in [2.45, 2.75) is 32.9 Å². The van der Waals surface area contributed by atoms with Gasteiger partial charge in [0.05, 0.1) is 6.04 Å². The number of aryl methyl sites for hydroxylation is 1. The van der Waals surface area contributed by atoms with Crippen molar-refractivity contribution in [3.8, 4) is 0 Å². The molecule has 0 radical (unpaired) electrons. The summed E-state index contributed by atoms with van der Waals surface area (Å²) in [7, 11) is 1.94. The Hall–Kier alpha value is -1.52. The number of carbonyl (C=O) groups excluding carboxylic acids is 1. The van der Waals surface area contributed by atoms with E-state index < -0.39 is 0 Å². The van der Waals surface area contributed by atoms with Crippen molar-refractivity contribution in [2.24, 2.45) is 7.05 Å². The lowest BCUT2D eigenvalue weighted by Crippen LogP contribution is -2.32. The molecule has 0 spiro atoms. The number of ether oxygens (including phenoxy) is 1. The van der Waals surface area contributed by atoms with Crippen LogP contribution in [0.2, 0.25) is 0 Å². The maximum Gasteiger partial charge on any atom is 0.410 e. The minimum atomic E-state index is -0.258. The molecule has 0 saturated carbocycles. The second-order valence-electron chi connectivity index (χ2n) is 4.15. The van der Waals surface area contributed by atoms with Gasteiger partial charge in [0.1, 0.15) is 0 Å². The Balaban J connectivity index is 2.30. The van der Waals surface area contributed by atoms with Gasteiger partial charge in [-0.15, -0.1) is 0 Å². The number of rotatable bonds is 2. The highest BCUT2D eigenvalue weighted by atomic mass is 16.6. The van der Waals surface area contributed by atoms with Gasteiger partial charge in [-0.1, -0.05) is 0 Å². The number of imidazole rings is 1. The standard InChI is InChI=1S/C11H17N3O2/c1-5-14-8(3)9(16-11(14)15)10-12-6-7(2)13(10)4/h6,8-9H,5H2,1-4H3/t8-,9-/m0/s1. The van der Waals surface area contributed by atoms with E-state index in [0.29, 0.717) is 6.54 Å². The molecule has 0 aliphatic carbocycles. The van der Waals surface area contributed by atoms with Crippen molar-refractivity contribution in [1.29, 1.82) is 0 Å². The zero-order chi connectivity index (χ0) is 11.9. The Morgan fingerprint density at radius 3 is 2.69 bits per heavy atom. The molecular weight excluding hydrogens is 206 g/mol. The fraction of sp³-hybridized carbons (Fsp3) is 0.636. The van der Waals surface area contributed by atoms with Gasteiger partial charge in [0, 0.05) is 25.5 Å². The molecule has 0 unspecified atom stereocenters. The molecule has 0 N–H and O–H groups in total. The maximum absolute atomic E-state index is 11.6. The van der Waals surface area contributed by atoms with Crippen LogP contribution in [0, 0.1) is 6.92 Å². The van der Waals surface area contributed by atoms with Crippen LogP contribution in [0.15, 0.2) is 6.20 Å². The third-order valence-corrected chi connectivity index (χ3v) is 3.24. The van der Waals surface area contributed by atoms with Crippen LogP contribution in [0.5, 0.6) is 0 Å². The number of amides is 1. The first-order valence-electron chi connectivity index (χ1n) is 5.51. The van der Waals surface area contributed by atoms with Crippen molar-refractivity contribution >= 4 is 6.09 Å². The molecule has 88 valence electrons. The van der Waals surface area contributed by atoms with Crippen LogP contribution in [0.3, 0.4) is 0 Å². The molecule has 5 nitrogen and oxygen atoms in total. The lowest BCUT2D eigenvalue weighted by Gasteiger charge is -2.18. The first kappa shape index (κ1) is 11.0. The van der Waals surface area contributed by atoms with E-state index in [9.17, 15) is 4.79 Å². The normalized spacial score (nSPS) is 25.0. The minimum Gasteiger partial charge on any atom is -0.436 e. The summed E-state index contributed by atoms with van der Waals surface area (Å²) in [6, 6.07) is 0.0398. The van der Waals surface area contributed by atoms with Crippen LogP contribution in [0.4, 0.5) is 4.79 Å². The quantitative estimate of drug-likeness (QED) is 0.765. The molecule has 1 saturated heterocycles. The number of nitrogens with zero attached hydrogens (tertiary/aromatic N) is 3. The summed E-state index contributed by atoms with van der Waals surface area (Å²) < 4.78 is 7.33. The second kappa shape index (κ2) is 3.81. The number of hydrogen-bond donors (Lipinski definition) is 0. The molecule has 1 aliphatic heterocycles. The Bertz CT molecular complexity index is 413. The van der Waals surface area contributed by atoms with Crippen molar-refractivity contribution in [3.63, 3.8) is 0 Å². The van der Waals surface area contributed by atoms with E-state index in [2.05, 4.69) is 4.98 Å². The second-order valence-corrected chi connectivity index (χ2v) is 4.15. The van der Waals surface area contributed by atoms with Crippen LogP contribution < -0.4 is 0 Å². The van der Waals surface area contributed by atoms with Gasteiger partial charge in [-0.3, -0.25) is 0 Å². The van der Waals surface area contributed by atoms with E-state index >= 15 is 0 Å². The smallest absolute Gasteiger partial charge is 0.410 e. The highest BCUT2D eigenvalue weighted by molar-refractivity contribution is 5.70. The van der Waals surface area contributed by atoms with E-state index in [-0.39, 0.29) is 18.2 Å². The lowest BCUT2D eigenvalue weighted by atomic mass is 10.1. The molecule has 2 atom stereocenters. The lowest BCUT2D eigenvalue weighted by molar-refractivity contribution is 0.125. The molecule has 1 amide bonds. The third-order valence-electron chi connectivity index (χ3n) is 3.24. The fourth-order valence-electron chi connectivity index (χ4n) is 2.07. The molecule has 2 heterocycles. The van der Waals surface area contributed by atoms with E-state index in [1.165, 1.54) is 0 Å². The molecule has 1 aromatic heterocycles. The molecule has 1 aliphatic rings. The van der Waals surface area contributed by atoms with E-state index in [4.69, 9.17) is 4.74 Å². The number of hydrogen-bond acceptors (Lipinski definition) is 3. The van der Waals surface area contributed by atoms with Gasteiger partial charge in [0.25, 0.3) is 0 Å². The van der Waals surface area contributed by atoms with Crippen LogP contribution >= 0.6 is 0 Å². The average molecular weight is 223 g/mol. The van der Waals surface area contributed by atoms with Crippen LogP contribution in [0.25, 0.3) is 0 Å². The summed E-state index contributed by atoms with van der Waals surface area (Å²) in [6.45, 7) is 6.59. The topological polar surface area (TPSA) is 47.4 Å². The molecule has 0 aromatic carbocycles. The molecule has 1 aromatic rings. The summed E-state index contributed by atoms with van der Waals surface area (Å²) in [4.78, 5) is 17.6. The summed E-state index contributed by atoms with van der Waals surface area (Å²) in [5.74, 6) is 0.814. The SMILES string of the molecule is CCN1C(=O)O[C@H](c2ncc(C)n2C)[C@@H]1C. The Morgan fingerprint density at radius 1 is 1.56 bits per heavy atom. The zero-order valence-corrected chi connectivity index (χ0v) is 10.1. The Morgan fingerprint density at radius 2 is 2.25 bits per heavy atom. The predicted octanol–water partition coefficient (Wildman–Crippen LogP) is 1.63. The molecular formula is C11H17N3O2. The van der Waals surface area contributed by atoms with Crippen molar-refractivity contribution in [2.75, 3.05) is 6.54 Å². The molecule has 16 heavy (non-hydrogen) atoms. The van der Waals surface area contributed by atoms with Gasteiger partial charge in [-0.05, 0) is 20.8 Å². The van der Waals surface area contributed by atoms with Gasteiger partial charge in [0.2, 0.25) is 0 Å². The predicted molar refractivity (Wildman–Crippen MR) is 59.0 cm³/mol. The van der Waals surface area contributed by atoms with Crippen LogP contribution in [0.1, 0.15) is 31.5 Å². The monoisotopic (exact) mass is 223 g/mol. The van der Waals surface area contributed by atoms with E-state index in [1.807, 2.05) is 32.4 Å². The number of carbonyl (C=O) groups is 1. The number of aromatic nitrogens is 2. The van der Waals surface area contributed by atoms with Crippen LogP contribution in [-0.2, 0) is 11.8 Å². The van der Waals surface area contributed by atoms with Gasteiger partial charge in [0.15, 0.2) is 11.9 Å². The zero-order valence-electron chi connectivity index (χ0n) is 10.1. The summed E-state index contributed by atoms with van der Waals surface area (Å²) in [6.07, 6.45) is 1.29. The van der Waals surface area contributed by atoms with E-state index in [0.717, 1.165) is 11.5 Å². The summed E-state index contributed by atoms with van der Waals surface area (Å²) >= 11 is 0. The van der Waals surface area contributed by atoms with Gasteiger partial charge >= 0.3 is 6.09 Å². The molecule has 5 heteroatoms. The summed E-state index contributed by atoms with van der Waals surface area (Å²) in [5, 5.41) is 0. The summed E-state index contributed by atoms with van der Waals surface area (Å²) in [5.41, 5.74) is 1.06. The van der Waals surface area contributed by atoms with Crippen molar-refractivity contribution < 1.29 is 9.53 Å². The van der Waals surface area contributed by atoms with Gasteiger partial charge in [-0.25, -0.2) is 9.78 Å². The average Bonchev–Trinajstić information content (AvgIpc) is 2.70. The largest absolute Gasteiger partial charge is 0.436 e. The molecule has 0 bridgehead atoms. The first-order valence-corrected chi connectivity index (χ1v) is 5.51. The number of cyclic esters (lactones) is 1. The van der Waals surface area contributed by atoms with Gasteiger partial charge in [-0.2, -0.15) is 0 Å². The van der Waals surface area contributed by atoms with Crippen molar-refractivity contribution in [1.82, 2.24) is 14.5 Å². The molecule has 1 fully saturated rings. The van der Waals surface area contributed by atoms with Crippen LogP contribution in [-0.4, -0.2) is 33.1 Å². The van der Waals surface area contributed by atoms with Gasteiger partial charge < -0.3 is 14.2 Å². The Labute approximate surface area is 95.0 Å². The van der Waals surface area contributed by atoms with E-state index in [1.54, 1.807) is 11.1 Å². The Kier molecular flexibility index (Phi) is 2.61. The van der Waals surface area contributed by atoms with Crippen molar-refractivity contribution in [3.05, 3.63) is 17.7 Å². The first-order chi connectivity index (χ1) is 7.56. The fourth-order valence-corrected chi connectivity index (χ4v) is 2.07. The molecule has 2 rings (SSSR count). The number of likely N-dealkylation sites (N-methyl/N-ethyl adjacent to an activating group) is 1.